The number of aromatic nitrogens is 2. The minimum atomic E-state index is -2.48. The summed E-state index contributed by atoms with van der Waals surface area (Å²) in [4.78, 5) is 28.8. The molecule has 0 radical (unpaired) electrons. The van der Waals surface area contributed by atoms with Gasteiger partial charge in [-0.3, -0.25) is 14.3 Å². The number of carbonyl (C=O) groups is 1. The molecule has 38 heavy (non-hydrogen) atoms. The number of rotatable bonds is 13. The number of nitrogens with two attached hydrogens (primary N) is 1. The fourth-order valence-corrected chi connectivity index (χ4v) is 4.66. The van der Waals surface area contributed by atoms with Gasteiger partial charge in [0, 0.05) is 29.6 Å². The molecule has 4 rings (SSSR count). The molecule has 0 saturated carbocycles. The lowest BCUT2D eigenvalue weighted by molar-refractivity contribution is -0.136. The van der Waals surface area contributed by atoms with Gasteiger partial charge in [-0.2, -0.15) is 0 Å². The fraction of sp³-hybridized carbons (Fsp3) is 0.321. The van der Waals surface area contributed by atoms with Crippen LogP contribution in [-0.4, -0.2) is 51.9 Å². The van der Waals surface area contributed by atoms with Crippen LogP contribution >= 0.6 is 8.03 Å². The molecule has 0 fully saturated rings. The predicted octanol–water partition coefficient (Wildman–Crippen LogP) is 4.34. The third kappa shape index (κ3) is 7.28. The van der Waals surface area contributed by atoms with Crippen LogP contribution in [0.3, 0.4) is 0 Å². The Morgan fingerprint density at radius 3 is 2.61 bits per heavy atom. The van der Waals surface area contributed by atoms with Gasteiger partial charge in [-0.25, -0.2) is 4.98 Å². The molecule has 2 aromatic carbocycles. The van der Waals surface area contributed by atoms with Crippen molar-refractivity contribution in [3.63, 3.8) is 0 Å². The summed E-state index contributed by atoms with van der Waals surface area (Å²) in [6, 6.07) is 13.9. The number of hydrogen-bond donors (Lipinski definition) is 3. The van der Waals surface area contributed by atoms with E-state index in [1.54, 1.807) is 0 Å². The van der Waals surface area contributed by atoms with Gasteiger partial charge in [0.25, 0.3) is 0 Å². The van der Waals surface area contributed by atoms with Crippen LogP contribution in [0.5, 0.6) is 5.75 Å². The van der Waals surface area contributed by atoms with Crippen molar-refractivity contribution in [1.82, 2.24) is 9.97 Å². The lowest BCUT2D eigenvalue weighted by Gasteiger charge is -2.12. The number of ether oxygens (including phenoxy) is 2. The second-order valence-electron chi connectivity index (χ2n) is 9.17. The Kier molecular flexibility index (Phi) is 9.29. The van der Waals surface area contributed by atoms with Crippen LogP contribution < -0.4 is 10.5 Å². The number of anilines is 1. The highest BCUT2D eigenvalue weighted by molar-refractivity contribution is 7.38. The first-order valence-electron chi connectivity index (χ1n) is 12.5. The third-order valence-electron chi connectivity index (χ3n) is 6.36. The van der Waals surface area contributed by atoms with Gasteiger partial charge in [0.2, 0.25) is 0 Å². The van der Waals surface area contributed by atoms with Gasteiger partial charge < -0.3 is 25.2 Å². The van der Waals surface area contributed by atoms with E-state index in [1.165, 1.54) is 5.56 Å². The maximum atomic E-state index is 10.9. The van der Waals surface area contributed by atoms with Crippen molar-refractivity contribution in [2.45, 2.75) is 32.6 Å². The SMILES string of the molecule is Cc1cc(OCCOCC[PH](=O)O)ccc1CCc1cnc2c(N)nc3cc(CCC(=O)O)ccc3c2c1. The summed E-state index contributed by atoms with van der Waals surface area (Å²) in [6.45, 7) is 3.05. The minimum absolute atomic E-state index is 0.0668. The normalized spacial score (nSPS) is 12.2. The Morgan fingerprint density at radius 1 is 1.00 bits per heavy atom. The van der Waals surface area contributed by atoms with E-state index in [1.807, 2.05) is 36.5 Å². The molecular weight excluding hydrogens is 505 g/mol. The van der Waals surface area contributed by atoms with Crippen LogP contribution in [0.4, 0.5) is 5.82 Å². The zero-order valence-corrected chi connectivity index (χ0v) is 22.3. The topological polar surface area (TPSA) is 145 Å². The number of benzene rings is 2. The van der Waals surface area contributed by atoms with E-state index >= 15 is 0 Å². The average Bonchev–Trinajstić information content (AvgIpc) is 2.88. The molecule has 200 valence electrons. The number of aryl methyl sites for hydroxylation is 4. The average molecular weight is 538 g/mol. The summed E-state index contributed by atoms with van der Waals surface area (Å²) in [5.74, 6) is 0.286. The summed E-state index contributed by atoms with van der Waals surface area (Å²) >= 11 is 0. The van der Waals surface area contributed by atoms with Crippen molar-refractivity contribution in [1.29, 1.82) is 0 Å². The van der Waals surface area contributed by atoms with Gasteiger partial charge in [0.1, 0.15) is 17.9 Å². The van der Waals surface area contributed by atoms with Crippen molar-refractivity contribution in [3.05, 3.63) is 70.9 Å². The molecule has 4 aromatic rings. The molecule has 0 bridgehead atoms. The Morgan fingerprint density at radius 2 is 1.84 bits per heavy atom. The summed E-state index contributed by atoms with van der Waals surface area (Å²) < 4.78 is 21.7. The Balaban J connectivity index is 1.42. The molecule has 4 N–H and O–H groups in total. The number of pyridine rings is 2. The molecule has 1 atom stereocenters. The standard InChI is InChI=1S/C28H32N3O6P/c1-18-14-22(37-11-10-36-12-13-38(34)35)7-6-21(18)5-2-20-15-24-23-8-3-19(4-9-26(32)33)16-25(23)31-28(29)27(24)30-17-20/h3,6-8,14-17,38H,2,4-5,9-13H2,1H3,(H2,29,31)(H,32,33)(H,34,35). The van der Waals surface area contributed by atoms with Crippen LogP contribution in [0.2, 0.25) is 0 Å². The van der Waals surface area contributed by atoms with Crippen LogP contribution in [0.15, 0.2) is 48.7 Å². The van der Waals surface area contributed by atoms with E-state index < -0.39 is 14.0 Å². The Labute approximate surface area is 221 Å². The molecular formula is C28H32N3O6P. The number of hydrogen-bond acceptors (Lipinski definition) is 7. The van der Waals surface area contributed by atoms with E-state index in [9.17, 15) is 9.36 Å². The highest BCUT2D eigenvalue weighted by atomic mass is 31.1. The summed E-state index contributed by atoms with van der Waals surface area (Å²) in [5, 5.41) is 10.8. The molecule has 9 nitrogen and oxygen atoms in total. The highest BCUT2D eigenvalue weighted by Gasteiger charge is 2.11. The second-order valence-corrected chi connectivity index (χ2v) is 10.5. The van der Waals surface area contributed by atoms with Crippen molar-refractivity contribution < 1.29 is 28.8 Å². The fourth-order valence-electron chi connectivity index (χ4n) is 4.34. The van der Waals surface area contributed by atoms with Crippen molar-refractivity contribution in [2.24, 2.45) is 0 Å². The molecule has 2 aromatic heterocycles. The lowest BCUT2D eigenvalue weighted by Crippen LogP contribution is -2.08. The lowest BCUT2D eigenvalue weighted by atomic mass is 9.99. The first kappa shape index (κ1) is 27.5. The predicted molar refractivity (Wildman–Crippen MR) is 148 cm³/mol. The maximum absolute atomic E-state index is 10.9. The number of carboxylic acids is 1. The molecule has 0 saturated heterocycles. The van der Waals surface area contributed by atoms with E-state index in [4.69, 9.17) is 25.2 Å². The van der Waals surface area contributed by atoms with Gasteiger partial charge in [0.15, 0.2) is 13.8 Å². The molecule has 0 aliphatic heterocycles. The van der Waals surface area contributed by atoms with Gasteiger partial charge >= 0.3 is 5.97 Å². The first-order chi connectivity index (χ1) is 18.3. The number of fused-ring (bicyclic) bond motifs is 3. The third-order valence-corrected chi connectivity index (χ3v) is 6.99. The molecule has 0 spiro atoms. The minimum Gasteiger partial charge on any atom is -0.491 e. The summed E-state index contributed by atoms with van der Waals surface area (Å²) in [5.41, 5.74) is 11.9. The van der Waals surface area contributed by atoms with Gasteiger partial charge in [-0.05, 0) is 72.7 Å². The quantitative estimate of drug-likeness (QED) is 0.129. The van der Waals surface area contributed by atoms with Crippen LogP contribution in [0.25, 0.3) is 21.8 Å². The highest BCUT2D eigenvalue weighted by Crippen LogP contribution is 2.29. The molecule has 10 heteroatoms. The summed E-state index contributed by atoms with van der Waals surface area (Å²) in [6.07, 6.45) is 4.15. The molecule has 0 aliphatic rings. The first-order valence-corrected chi connectivity index (χ1v) is 14.1. The molecule has 0 amide bonds. The van der Waals surface area contributed by atoms with E-state index in [0.717, 1.165) is 51.6 Å². The zero-order valence-electron chi connectivity index (χ0n) is 21.3. The molecule has 0 aliphatic carbocycles. The van der Waals surface area contributed by atoms with Crippen molar-refractivity contribution in [3.8, 4) is 5.75 Å². The second kappa shape index (κ2) is 12.8. The molecule has 2 heterocycles. The van der Waals surface area contributed by atoms with E-state index in [2.05, 4.69) is 29.0 Å². The van der Waals surface area contributed by atoms with Gasteiger partial charge in [-0.1, -0.05) is 18.2 Å². The largest absolute Gasteiger partial charge is 0.491 e. The van der Waals surface area contributed by atoms with E-state index in [0.29, 0.717) is 31.0 Å². The zero-order chi connectivity index (χ0) is 27.1. The number of carboxylic acid groups (broad SMARTS) is 1. The number of nitrogens with zero attached hydrogens (tertiary/aromatic N) is 2. The Bertz CT molecular complexity index is 1480. The number of nitrogen functional groups attached to an aromatic ring is 1. The van der Waals surface area contributed by atoms with E-state index in [-0.39, 0.29) is 19.2 Å². The van der Waals surface area contributed by atoms with Crippen molar-refractivity contribution >= 4 is 41.6 Å². The maximum Gasteiger partial charge on any atom is 0.303 e. The summed E-state index contributed by atoms with van der Waals surface area (Å²) in [7, 11) is -2.48. The van der Waals surface area contributed by atoms with Crippen LogP contribution in [0.1, 0.15) is 28.7 Å². The van der Waals surface area contributed by atoms with Crippen molar-refractivity contribution in [2.75, 3.05) is 31.7 Å². The Hall–Kier alpha value is -3.52. The molecule has 1 unspecified atom stereocenters. The van der Waals surface area contributed by atoms with Gasteiger partial charge in [0.05, 0.1) is 18.7 Å². The van der Waals surface area contributed by atoms with Crippen LogP contribution in [0, 0.1) is 6.92 Å². The number of aliphatic carboxylic acids is 1. The smallest absolute Gasteiger partial charge is 0.303 e. The van der Waals surface area contributed by atoms with Gasteiger partial charge in [-0.15, -0.1) is 0 Å². The monoisotopic (exact) mass is 537 g/mol. The van der Waals surface area contributed by atoms with Crippen LogP contribution in [-0.2, 0) is 33.4 Å².